The maximum atomic E-state index is 11.0. The van der Waals surface area contributed by atoms with Crippen molar-refractivity contribution in [2.75, 3.05) is 45.9 Å². The molecule has 1 unspecified atom stereocenters. The fourth-order valence-corrected chi connectivity index (χ4v) is 3.29. The van der Waals surface area contributed by atoms with Crippen LogP contribution in [0.5, 0.6) is 0 Å². The van der Waals surface area contributed by atoms with Crippen molar-refractivity contribution in [2.24, 2.45) is 0 Å². The van der Waals surface area contributed by atoms with Gasteiger partial charge in [-0.05, 0) is 11.5 Å². The lowest BCUT2D eigenvalue weighted by atomic mass is 10.0. The van der Waals surface area contributed by atoms with E-state index in [1.165, 1.54) is 11.8 Å². The number of nitrogens with zero attached hydrogens (tertiary/aromatic N) is 3. The summed E-state index contributed by atoms with van der Waals surface area (Å²) >= 11 is 0. The van der Waals surface area contributed by atoms with Crippen LogP contribution in [0.1, 0.15) is 34.8 Å². The number of aromatic nitrogens is 1. The molecule has 3 rings (SSSR count). The van der Waals surface area contributed by atoms with Crippen LogP contribution in [0.4, 0.5) is 0 Å². The van der Waals surface area contributed by atoms with Gasteiger partial charge in [0.15, 0.2) is 5.69 Å². The van der Waals surface area contributed by atoms with Crippen LogP contribution in [-0.4, -0.2) is 71.8 Å². The van der Waals surface area contributed by atoms with Crippen LogP contribution in [0.25, 0.3) is 0 Å². The molecule has 0 bridgehead atoms. The zero-order valence-corrected chi connectivity index (χ0v) is 15.7. The molecule has 0 radical (unpaired) electrons. The molecule has 1 aliphatic rings. The van der Waals surface area contributed by atoms with E-state index < -0.39 is 5.97 Å². The molecule has 2 heterocycles. The predicted octanol–water partition coefficient (Wildman–Crippen LogP) is 2.31. The SMILES string of the molecule is CC(CN(CCN1CCOCC1)Cc1nc(C(=O)O)co1)c1ccccc1. The number of rotatable bonds is 9. The number of benzene rings is 1. The van der Waals surface area contributed by atoms with Crippen LogP contribution in [0, 0.1) is 0 Å². The highest BCUT2D eigenvalue weighted by Crippen LogP contribution is 2.18. The summed E-state index contributed by atoms with van der Waals surface area (Å²) in [6.07, 6.45) is 1.21. The summed E-state index contributed by atoms with van der Waals surface area (Å²) in [7, 11) is 0. The minimum Gasteiger partial charge on any atom is -0.476 e. The number of aromatic carboxylic acids is 1. The zero-order chi connectivity index (χ0) is 19.1. The van der Waals surface area contributed by atoms with Crippen molar-refractivity contribution in [2.45, 2.75) is 19.4 Å². The Balaban J connectivity index is 1.63. The number of ether oxygens (including phenoxy) is 1. The molecule has 0 amide bonds. The lowest BCUT2D eigenvalue weighted by Crippen LogP contribution is -2.42. The van der Waals surface area contributed by atoms with Crippen molar-refractivity contribution in [1.82, 2.24) is 14.8 Å². The molecule has 1 atom stereocenters. The second-order valence-electron chi connectivity index (χ2n) is 6.93. The molecule has 146 valence electrons. The normalized spacial score (nSPS) is 16.5. The third-order valence-corrected chi connectivity index (χ3v) is 4.87. The van der Waals surface area contributed by atoms with Crippen molar-refractivity contribution in [3.8, 4) is 0 Å². The Kier molecular flexibility index (Phi) is 6.98. The van der Waals surface area contributed by atoms with Gasteiger partial charge in [0.25, 0.3) is 0 Å². The van der Waals surface area contributed by atoms with E-state index in [1.54, 1.807) is 0 Å². The van der Waals surface area contributed by atoms with Crippen molar-refractivity contribution in [1.29, 1.82) is 0 Å². The van der Waals surface area contributed by atoms with Gasteiger partial charge in [-0.3, -0.25) is 9.80 Å². The van der Waals surface area contributed by atoms with E-state index >= 15 is 0 Å². The Bertz CT molecular complexity index is 713. The Morgan fingerprint density at radius 3 is 2.70 bits per heavy atom. The molecule has 2 aromatic rings. The molecule has 1 aromatic carbocycles. The van der Waals surface area contributed by atoms with E-state index in [4.69, 9.17) is 14.3 Å². The smallest absolute Gasteiger partial charge is 0.357 e. The second kappa shape index (κ2) is 9.64. The summed E-state index contributed by atoms with van der Waals surface area (Å²) in [6.45, 7) is 8.81. The van der Waals surface area contributed by atoms with Crippen molar-refractivity contribution in [3.63, 3.8) is 0 Å². The van der Waals surface area contributed by atoms with Crippen LogP contribution >= 0.6 is 0 Å². The van der Waals surface area contributed by atoms with Crippen molar-refractivity contribution in [3.05, 3.63) is 53.7 Å². The van der Waals surface area contributed by atoms with Gasteiger partial charge in [0.1, 0.15) is 6.26 Å². The van der Waals surface area contributed by atoms with Gasteiger partial charge < -0.3 is 14.3 Å². The van der Waals surface area contributed by atoms with Crippen LogP contribution in [0.3, 0.4) is 0 Å². The summed E-state index contributed by atoms with van der Waals surface area (Å²) in [5.74, 6) is -0.276. The van der Waals surface area contributed by atoms with Crippen molar-refractivity contribution >= 4 is 5.97 Å². The first-order valence-electron chi connectivity index (χ1n) is 9.37. The number of oxazole rings is 1. The number of morpholine rings is 1. The molecule has 7 heteroatoms. The molecular formula is C20H27N3O4. The highest BCUT2D eigenvalue weighted by molar-refractivity contribution is 5.84. The van der Waals surface area contributed by atoms with Gasteiger partial charge in [-0.25, -0.2) is 9.78 Å². The van der Waals surface area contributed by atoms with Gasteiger partial charge in [-0.2, -0.15) is 0 Å². The monoisotopic (exact) mass is 373 g/mol. The first-order chi connectivity index (χ1) is 13.1. The molecule has 0 aliphatic carbocycles. The van der Waals surface area contributed by atoms with E-state index in [0.29, 0.717) is 18.4 Å². The molecule has 1 N–H and O–H groups in total. The lowest BCUT2D eigenvalue weighted by Gasteiger charge is -2.30. The van der Waals surface area contributed by atoms with Gasteiger partial charge >= 0.3 is 5.97 Å². The van der Waals surface area contributed by atoms with E-state index in [1.807, 2.05) is 6.07 Å². The highest BCUT2D eigenvalue weighted by Gasteiger charge is 2.18. The maximum Gasteiger partial charge on any atom is 0.357 e. The molecule has 1 saturated heterocycles. The van der Waals surface area contributed by atoms with E-state index in [2.05, 4.69) is 46.0 Å². The Hall–Kier alpha value is -2.22. The van der Waals surface area contributed by atoms with Crippen LogP contribution < -0.4 is 0 Å². The third kappa shape index (κ3) is 5.89. The zero-order valence-electron chi connectivity index (χ0n) is 15.7. The molecule has 27 heavy (non-hydrogen) atoms. The van der Waals surface area contributed by atoms with Crippen LogP contribution in [0.15, 0.2) is 41.0 Å². The van der Waals surface area contributed by atoms with Gasteiger partial charge in [0, 0.05) is 32.7 Å². The van der Waals surface area contributed by atoms with Gasteiger partial charge in [0.05, 0.1) is 19.8 Å². The van der Waals surface area contributed by atoms with Crippen molar-refractivity contribution < 1.29 is 19.1 Å². The number of hydrogen-bond acceptors (Lipinski definition) is 6. The number of carboxylic acids is 1. The summed E-state index contributed by atoms with van der Waals surface area (Å²) < 4.78 is 10.8. The Morgan fingerprint density at radius 2 is 2.04 bits per heavy atom. The fraction of sp³-hybridized carbons (Fsp3) is 0.500. The summed E-state index contributed by atoms with van der Waals surface area (Å²) in [6, 6.07) is 10.4. The van der Waals surface area contributed by atoms with Gasteiger partial charge in [-0.15, -0.1) is 0 Å². The molecular weight excluding hydrogens is 346 g/mol. The lowest BCUT2D eigenvalue weighted by molar-refractivity contribution is 0.0322. The second-order valence-corrected chi connectivity index (χ2v) is 6.93. The molecule has 1 fully saturated rings. The van der Waals surface area contributed by atoms with E-state index in [0.717, 1.165) is 45.9 Å². The number of carbonyl (C=O) groups is 1. The van der Waals surface area contributed by atoms with Gasteiger partial charge in [-0.1, -0.05) is 37.3 Å². The number of hydrogen-bond donors (Lipinski definition) is 1. The maximum absolute atomic E-state index is 11.0. The van der Waals surface area contributed by atoms with Crippen LogP contribution in [-0.2, 0) is 11.3 Å². The summed E-state index contributed by atoms with van der Waals surface area (Å²) in [5, 5.41) is 9.05. The average Bonchev–Trinajstić information content (AvgIpc) is 3.16. The minimum absolute atomic E-state index is 0.0470. The molecule has 1 aliphatic heterocycles. The fourth-order valence-electron chi connectivity index (χ4n) is 3.29. The quantitative estimate of drug-likeness (QED) is 0.722. The molecule has 7 nitrogen and oxygen atoms in total. The Labute approximate surface area is 159 Å². The largest absolute Gasteiger partial charge is 0.476 e. The highest BCUT2D eigenvalue weighted by atomic mass is 16.5. The topological polar surface area (TPSA) is 79.0 Å². The first-order valence-corrected chi connectivity index (χ1v) is 9.37. The minimum atomic E-state index is -1.07. The number of carboxylic acid groups (broad SMARTS) is 1. The molecule has 1 aromatic heterocycles. The van der Waals surface area contributed by atoms with E-state index in [9.17, 15) is 4.79 Å². The first kappa shape index (κ1) is 19.5. The standard InChI is InChI=1S/C20H27N3O4/c1-16(17-5-3-2-4-6-17)13-23(8-7-22-9-11-26-12-10-22)14-19-21-18(15-27-19)20(24)25/h2-6,15-16H,7-14H2,1H3,(H,24,25). The van der Waals surface area contributed by atoms with E-state index in [-0.39, 0.29) is 5.69 Å². The third-order valence-electron chi connectivity index (χ3n) is 4.87. The Morgan fingerprint density at radius 1 is 1.30 bits per heavy atom. The average molecular weight is 373 g/mol. The molecule has 0 saturated carbocycles. The van der Waals surface area contributed by atoms with Gasteiger partial charge in [0.2, 0.25) is 5.89 Å². The predicted molar refractivity (Wildman–Crippen MR) is 101 cm³/mol. The summed E-state index contributed by atoms with van der Waals surface area (Å²) in [4.78, 5) is 19.8. The van der Waals surface area contributed by atoms with Crippen LogP contribution in [0.2, 0.25) is 0 Å². The summed E-state index contributed by atoms with van der Waals surface area (Å²) in [5.41, 5.74) is 1.24. The molecule has 0 spiro atoms.